The zero-order valence-electron chi connectivity index (χ0n) is 21.1. The number of carbonyl (C=O) groups is 4. The first-order valence-corrected chi connectivity index (χ1v) is 12.9. The third-order valence-electron chi connectivity index (χ3n) is 7.52. The van der Waals surface area contributed by atoms with Crippen LogP contribution >= 0.6 is 0 Å². The molecule has 38 heavy (non-hydrogen) atoms. The standard InChI is InChI=1S/C28H30F2N4O4/c1-32-24(35)11-12-33(28(32)38)16-25(36)34-15-20(29)14-23(34)27(37)31-26(18-5-3-2-4-6-18)19-9-10-21(17-7-8-17)22(30)13-19/h2-6,9-10,13,17,20,23,26H,7-8,11-12,14-16H2,1H3,(H,31,37)/t20-,23+,26+/m1/s1. The number of imide groups is 1. The number of rotatable bonds is 7. The Hall–Kier alpha value is -3.82. The van der Waals surface area contributed by atoms with Gasteiger partial charge in [-0.05, 0) is 41.5 Å². The molecule has 8 nitrogen and oxygen atoms in total. The fraction of sp³-hybridized carbons (Fsp3) is 0.429. The van der Waals surface area contributed by atoms with E-state index in [0.29, 0.717) is 11.1 Å². The van der Waals surface area contributed by atoms with E-state index in [4.69, 9.17) is 0 Å². The predicted molar refractivity (Wildman–Crippen MR) is 134 cm³/mol. The molecule has 5 amide bonds. The van der Waals surface area contributed by atoms with E-state index in [1.807, 2.05) is 30.3 Å². The molecule has 2 heterocycles. The van der Waals surface area contributed by atoms with Crippen LogP contribution in [0, 0.1) is 5.82 Å². The summed E-state index contributed by atoms with van der Waals surface area (Å²) in [6.45, 7) is -0.548. The van der Waals surface area contributed by atoms with Crippen LogP contribution in [0.2, 0.25) is 0 Å². The van der Waals surface area contributed by atoms with Gasteiger partial charge in [0.15, 0.2) is 0 Å². The van der Waals surface area contributed by atoms with Crippen molar-refractivity contribution in [2.75, 3.05) is 26.7 Å². The van der Waals surface area contributed by atoms with E-state index in [1.54, 1.807) is 12.1 Å². The minimum absolute atomic E-state index is 0.0794. The Kier molecular flexibility index (Phi) is 7.14. The molecule has 2 aromatic rings. The third kappa shape index (κ3) is 5.25. The second kappa shape index (κ2) is 10.5. The Balaban J connectivity index is 1.34. The van der Waals surface area contributed by atoms with Gasteiger partial charge in [-0.25, -0.2) is 13.6 Å². The average molecular weight is 525 g/mol. The van der Waals surface area contributed by atoms with Crippen LogP contribution in [0.3, 0.4) is 0 Å². The lowest BCUT2D eigenvalue weighted by Gasteiger charge is -2.33. The first kappa shape index (κ1) is 25.8. The smallest absolute Gasteiger partial charge is 0.326 e. The first-order valence-electron chi connectivity index (χ1n) is 12.9. The minimum atomic E-state index is -1.40. The van der Waals surface area contributed by atoms with Crippen LogP contribution < -0.4 is 5.32 Å². The minimum Gasteiger partial charge on any atom is -0.343 e. The molecule has 3 atom stereocenters. The maximum Gasteiger partial charge on any atom is 0.326 e. The van der Waals surface area contributed by atoms with Gasteiger partial charge in [0.05, 0.1) is 12.6 Å². The van der Waals surface area contributed by atoms with Crippen LogP contribution in [0.25, 0.3) is 0 Å². The van der Waals surface area contributed by atoms with Crippen LogP contribution in [0.5, 0.6) is 0 Å². The number of nitrogens with zero attached hydrogens (tertiary/aromatic N) is 3. The molecule has 200 valence electrons. The number of urea groups is 1. The van der Waals surface area contributed by atoms with Gasteiger partial charge >= 0.3 is 6.03 Å². The van der Waals surface area contributed by atoms with E-state index in [-0.39, 0.29) is 50.1 Å². The molecule has 0 bridgehead atoms. The molecule has 0 radical (unpaired) electrons. The molecule has 1 N–H and O–H groups in total. The van der Waals surface area contributed by atoms with Gasteiger partial charge in [-0.1, -0.05) is 42.5 Å². The molecule has 10 heteroatoms. The van der Waals surface area contributed by atoms with Gasteiger partial charge < -0.3 is 15.1 Å². The molecule has 2 aliphatic heterocycles. The van der Waals surface area contributed by atoms with Crippen LogP contribution in [0.15, 0.2) is 48.5 Å². The summed E-state index contributed by atoms with van der Waals surface area (Å²) in [5.41, 5.74) is 1.93. The van der Waals surface area contributed by atoms with Crippen molar-refractivity contribution in [3.05, 3.63) is 71.0 Å². The second-order valence-electron chi connectivity index (χ2n) is 10.2. The summed E-state index contributed by atoms with van der Waals surface area (Å²) >= 11 is 0. The summed E-state index contributed by atoms with van der Waals surface area (Å²) in [6, 6.07) is 11.7. The van der Waals surface area contributed by atoms with Gasteiger partial charge in [0.2, 0.25) is 17.7 Å². The summed E-state index contributed by atoms with van der Waals surface area (Å²) in [5.74, 6) is -1.56. The summed E-state index contributed by atoms with van der Waals surface area (Å²) in [5, 5.41) is 2.91. The molecule has 0 aromatic heterocycles. The molecule has 0 spiro atoms. The second-order valence-corrected chi connectivity index (χ2v) is 10.2. The van der Waals surface area contributed by atoms with E-state index in [1.165, 1.54) is 18.0 Å². The van der Waals surface area contributed by atoms with Crippen molar-refractivity contribution in [1.82, 2.24) is 20.0 Å². The molecule has 2 saturated heterocycles. The molecule has 1 aliphatic carbocycles. The van der Waals surface area contributed by atoms with Gasteiger partial charge in [-0.3, -0.25) is 19.3 Å². The van der Waals surface area contributed by atoms with Crippen molar-refractivity contribution in [3.8, 4) is 0 Å². The van der Waals surface area contributed by atoms with Crippen molar-refractivity contribution >= 4 is 23.8 Å². The van der Waals surface area contributed by atoms with E-state index >= 15 is 0 Å². The molecular formula is C28H30F2N4O4. The number of nitrogens with one attached hydrogen (secondary N) is 1. The third-order valence-corrected chi connectivity index (χ3v) is 7.52. The maximum atomic E-state index is 14.9. The lowest BCUT2D eigenvalue weighted by Crippen LogP contribution is -2.55. The number of halogens is 2. The van der Waals surface area contributed by atoms with Crippen molar-refractivity contribution < 1.29 is 28.0 Å². The quantitative estimate of drug-likeness (QED) is 0.603. The predicted octanol–water partition coefficient (Wildman–Crippen LogP) is 3.13. The normalized spacial score (nSPS) is 22.6. The topological polar surface area (TPSA) is 90.0 Å². The number of hydrogen-bond acceptors (Lipinski definition) is 4. The fourth-order valence-corrected chi connectivity index (χ4v) is 5.21. The maximum absolute atomic E-state index is 14.9. The van der Waals surface area contributed by atoms with Gasteiger partial charge in [-0.2, -0.15) is 0 Å². The molecule has 1 saturated carbocycles. The highest BCUT2D eigenvalue weighted by Gasteiger charge is 2.42. The summed E-state index contributed by atoms with van der Waals surface area (Å²) in [4.78, 5) is 54.1. The van der Waals surface area contributed by atoms with Crippen molar-refractivity contribution in [2.45, 2.75) is 49.9 Å². The SMILES string of the molecule is CN1C(=O)CCN(CC(=O)N2C[C@H](F)C[C@H]2C(=O)N[C@@H](c2ccccc2)c2ccc(C3CC3)c(F)c2)C1=O. The number of likely N-dealkylation sites (tertiary alicyclic amines) is 1. The Morgan fingerprint density at radius 2 is 1.82 bits per heavy atom. The highest BCUT2D eigenvalue weighted by molar-refractivity contribution is 5.98. The van der Waals surface area contributed by atoms with Crippen LogP contribution in [0.4, 0.5) is 13.6 Å². The monoisotopic (exact) mass is 524 g/mol. The van der Waals surface area contributed by atoms with Crippen LogP contribution in [0.1, 0.15) is 54.3 Å². The lowest BCUT2D eigenvalue weighted by molar-refractivity contribution is -0.140. The molecule has 3 aliphatic rings. The molecule has 2 aromatic carbocycles. The van der Waals surface area contributed by atoms with Crippen LogP contribution in [-0.4, -0.2) is 77.3 Å². The zero-order valence-corrected chi connectivity index (χ0v) is 21.1. The molecule has 0 unspecified atom stereocenters. The van der Waals surface area contributed by atoms with E-state index < -0.39 is 36.1 Å². The number of carbonyl (C=O) groups excluding carboxylic acids is 4. The van der Waals surface area contributed by atoms with Crippen molar-refractivity contribution in [2.24, 2.45) is 0 Å². The van der Waals surface area contributed by atoms with Gasteiger partial charge in [0, 0.05) is 26.4 Å². The number of alkyl halides is 1. The van der Waals surface area contributed by atoms with Crippen LogP contribution in [-0.2, 0) is 14.4 Å². The Morgan fingerprint density at radius 3 is 2.50 bits per heavy atom. The van der Waals surface area contributed by atoms with E-state index in [2.05, 4.69) is 5.32 Å². The number of hydrogen-bond donors (Lipinski definition) is 1. The van der Waals surface area contributed by atoms with Crippen molar-refractivity contribution in [1.29, 1.82) is 0 Å². The first-order chi connectivity index (χ1) is 18.2. The fourth-order valence-electron chi connectivity index (χ4n) is 5.21. The van der Waals surface area contributed by atoms with Gasteiger partial charge in [-0.15, -0.1) is 0 Å². The molecule has 5 rings (SSSR count). The Bertz CT molecular complexity index is 1250. The summed E-state index contributed by atoms with van der Waals surface area (Å²) in [6.07, 6.45) is 0.420. The molecule has 3 fully saturated rings. The van der Waals surface area contributed by atoms with Gasteiger partial charge in [0.25, 0.3) is 0 Å². The highest BCUT2D eigenvalue weighted by Crippen LogP contribution is 2.42. The van der Waals surface area contributed by atoms with E-state index in [9.17, 15) is 28.0 Å². The van der Waals surface area contributed by atoms with Crippen molar-refractivity contribution in [3.63, 3.8) is 0 Å². The highest BCUT2D eigenvalue weighted by atomic mass is 19.1. The Labute approximate surface area is 219 Å². The summed E-state index contributed by atoms with van der Waals surface area (Å²) < 4.78 is 29.4. The number of amides is 5. The van der Waals surface area contributed by atoms with Gasteiger partial charge in [0.1, 0.15) is 24.6 Å². The zero-order chi connectivity index (χ0) is 27.0. The largest absolute Gasteiger partial charge is 0.343 e. The number of benzene rings is 2. The molecular weight excluding hydrogens is 494 g/mol. The van der Waals surface area contributed by atoms with E-state index in [0.717, 1.165) is 28.2 Å². The average Bonchev–Trinajstić information content (AvgIpc) is 3.67. The Morgan fingerprint density at radius 1 is 1.08 bits per heavy atom. The lowest BCUT2D eigenvalue weighted by atomic mass is 9.96. The summed E-state index contributed by atoms with van der Waals surface area (Å²) in [7, 11) is 1.34.